The van der Waals surface area contributed by atoms with E-state index in [2.05, 4.69) is 67.8 Å². The maximum Gasteiger partial charge on any atom is 0.268 e. The molecule has 0 saturated carbocycles. The van der Waals surface area contributed by atoms with Crippen molar-refractivity contribution in [3.05, 3.63) is 60.8 Å². The molecule has 3 unspecified atom stereocenters. The number of carbonyl (C=O) groups excluding carboxylic acids is 1. The molecule has 9 heteroatoms. The molecule has 0 spiro atoms. The number of likely N-dealkylation sites (N-methyl/N-ethyl adjacent to an activating group) is 1. The minimum absolute atomic E-state index is 0.0105. The Bertz CT molecular complexity index is 1320. The molecule has 0 aromatic rings. The fourth-order valence-corrected chi connectivity index (χ4v) is 9.32. The third-order valence-corrected chi connectivity index (χ3v) is 14.2. The summed E-state index contributed by atoms with van der Waals surface area (Å²) in [5, 5.41) is 13.9. The Kier molecular flexibility index (Phi) is 50.7. The lowest BCUT2D eigenvalue weighted by atomic mass is 10.0. The maximum atomic E-state index is 12.9. The summed E-state index contributed by atoms with van der Waals surface area (Å²) in [6.45, 7) is 4.53. The van der Waals surface area contributed by atoms with E-state index in [9.17, 15) is 19.4 Å². The second-order valence-electron chi connectivity index (χ2n) is 21.3. The zero-order chi connectivity index (χ0) is 51.3. The first kappa shape index (κ1) is 68.2. The standard InChI is InChI=1S/C61H115N2O6P/c1-6-8-10-12-14-16-18-20-22-24-25-26-27-28-29-30-31-32-33-34-35-36-37-39-40-42-44-46-48-50-52-54-60(64)59(58-69-70(66,67)68-57-56-63(3,4)5)62-61(65)55-53-51-49-47-45-43-41-38-23-21-19-17-15-13-11-9-7-2/h9,11,15,17,21,23,44,46,52,54,59-60,64H,6-8,10,12-14,16,18-20,22,24-43,45,47-51,53,55-58H2,1-5H3,(H-,62,65,66,67)/b11-9-,17-15-,23-21-,46-44+,54-52+. The molecule has 0 rings (SSSR count). The molecule has 0 bridgehead atoms. The molecular formula is C61H115N2O6P. The van der Waals surface area contributed by atoms with Gasteiger partial charge in [-0.05, 0) is 64.2 Å². The molecule has 0 saturated heterocycles. The molecule has 3 atom stereocenters. The van der Waals surface area contributed by atoms with Gasteiger partial charge < -0.3 is 28.8 Å². The first-order valence-corrected chi connectivity index (χ1v) is 31.1. The van der Waals surface area contributed by atoms with Gasteiger partial charge in [0.2, 0.25) is 5.91 Å². The molecular weight excluding hydrogens is 888 g/mol. The first-order valence-electron chi connectivity index (χ1n) is 29.7. The Labute approximate surface area is 434 Å². The van der Waals surface area contributed by atoms with Crippen LogP contribution in [0.25, 0.3) is 0 Å². The van der Waals surface area contributed by atoms with E-state index >= 15 is 0 Å². The van der Waals surface area contributed by atoms with Gasteiger partial charge in [-0.15, -0.1) is 0 Å². The van der Waals surface area contributed by atoms with Gasteiger partial charge in [-0.1, -0.05) is 261 Å². The van der Waals surface area contributed by atoms with Crippen LogP contribution in [-0.2, 0) is 18.4 Å². The van der Waals surface area contributed by atoms with E-state index in [1.165, 1.54) is 180 Å². The van der Waals surface area contributed by atoms with E-state index in [1.54, 1.807) is 6.08 Å². The Balaban J connectivity index is 4.17. The smallest absolute Gasteiger partial charge is 0.268 e. The van der Waals surface area contributed by atoms with Crippen molar-refractivity contribution in [2.75, 3.05) is 40.9 Å². The highest BCUT2D eigenvalue weighted by atomic mass is 31.2. The Hall–Kier alpha value is -1.80. The third kappa shape index (κ3) is 54.0. The van der Waals surface area contributed by atoms with Gasteiger partial charge in [-0.2, -0.15) is 0 Å². The van der Waals surface area contributed by atoms with Gasteiger partial charge in [-0.25, -0.2) is 0 Å². The van der Waals surface area contributed by atoms with Crippen molar-refractivity contribution >= 4 is 13.7 Å². The quantitative estimate of drug-likeness (QED) is 0.0272. The van der Waals surface area contributed by atoms with Crippen molar-refractivity contribution in [1.82, 2.24) is 5.32 Å². The van der Waals surface area contributed by atoms with E-state index in [-0.39, 0.29) is 12.5 Å². The van der Waals surface area contributed by atoms with Crippen LogP contribution in [0.1, 0.15) is 271 Å². The Morgan fingerprint density at radius 1 is 0.514 bits per heavy atom. The normalized spacial score (nSPS) is 14.3. The fourth-order valence-electron chi connectivity index (χ4n) is 8.60. The molecule has 410 valence electrons. The van der Waals surface area contributed by atoms with Gasteiger partial charge in [0.15, 0.2) is 0 Å². The van der Waals surface area contributed by atoms with E-state index in [0.29, 0.717) is 17.4 Å². The summed E-state index contributed by atoms with van der Waals surface area (Å²) >= 11 is 0. The highest BCUT2D eigenvalue weighted by Gasteiger charge is 2.23. The largest absolute Gasteiger partial charge is 0.756 e. The second kappa shape index (κ2) is 52.1. The van der Waals surface area contributed by atoms with E-state index in [4.69, 9.17) is 9.05 Å². The number of aliphatic hydroxyl groups excluding tert-OH is 1. The molecule has 0 aromatic carbocycles. The second-order valence-corrected chi connectivity index (χ2v) is 22.7. The van der Waals surface area contributed by atoms with Crippen LogP contribution in [0.2, 0.25) is 0 Å². The highest BCUT2D eigenvalue weighted by Crippen LogP contribution is 2.38. The number of unbranched alkanes of at least 4 members (excludes halogenated alkanes) is 33. The van der Waals surface area contributed by atoms with Crippen LogP contribution in [0, 0.1) is 0 Å². The summed E-state index contributed by atoms with van der Waals surface area (Å²) in [6.07, 6.45) is 70.4. The summed E-state index contributed by atoms with van der Waals surface area (Å²) in [7, 11) is 1.23. The number of hydrogen-bond donors (Lipinski definition) is 2. The predicted molar refractivity (Wildman–Crippen MR) is 302 cm³/mol. The summed E-state index contributed by atoms with van der Waals surface area (Å²) in [5.41, 5.74) is 0. The molecule has 0 fully saturated rings. The summed E-state index contributed by atoms with van der Waals surface area (Å²) in [5.74, 6) is -0.217. The molecule has 70 heavy (non-hydrogen) atoms. The summed E-state index contributed by atoms with van der Waals surface area (Å²) in [6, 6.07) is -0.912. The van der Waals surface area contributed by atoms with Crippen LogP contribution in [-0.4, -0.2) is 68.5 Å². The number of hydrogen-bond acceptors (Lipinski definition) is 6. The van der Waals surface area contributed by atoms with Gasteiger partial charge >= 0.3 is 0 Å². The third-order valence-electron chi connectivity index (χ3n) is 13.2. The van der Waals surface area contributed by atoms with Crippen LogP contribution >= 0.6 is 7.82 Å². The van der Waals surface area contributed by atoms with Gasteiger partial charge in [0.05, 0.1) is 39.9 Å². The number of phosphoric acid groups is 1. The Morgan fingerprint density at radius 3 is 1.33 bits per heavy atom. The minimum atomic E-state index is -4.61. The lowest BCUT2D eigenvalue weighted by molar-refractivity contribution is -0.870. The van der Waals surface area contributed by atoms with E-state index in [1.807, 2.05) is 27.2 Å². The number of carbonyl (C=O) groups is 1. The van der Waals surface area contributed by atoms with Crippen LogP contribution in [0.4, 0.5) is 0 Å². The van der Waals surface area contributed by atoms with E-state index in [0.717, 1.165) is 70.6 Å². The van der Waals surface area contributed by atoms with Crippen LogP contribution < -0.4 is 10.2 Å². The minimum Gasteiger partial charge on any atom is -0.756 e. The van der Waals surface area contributed by atoms with Gasteiger partial charge in [-0.3, -0.25) is 9.36 Å². The predicted octanol–water partition coefficient (Wildman–Crippen LogP) is 17.5. The number of quaternary nitrogens is 1. The SMILES string of the molecule is CC/C=C\C/C=C\C/C=C\CCCCCCCCCC(=O)NC(COP(=O)([O-])OCC[N+](C)(C)C)C(O)/C=C/CC/C=C/CCCCCCCCCCCCCCCCCCCCCCCCCCC. The zero-order valence-electron chi connectivity index (χ0n) is 46.7. The van der Waals surface area contributed by atoms with Crippen LogP contribution in [0.5, 0.6) is 0 Å². The van der Waals surface area contributed by atoms with Gasteiger partial charge in [0.1, 0.15) is 13.2 Å². The maximum absolute atomic E-state index is 12.9. The average Bonchev–Trinajstić information content (AvgIpc) is 3.32. The molecule has 8 nitrogen and oxygen atoms in total. The molecule has 0 aliphatic heterocycles. The zero-order valence-corrected chi connectivity index (χ0v) is 47.6. The number of allylic oxidation sites excluding steroid dienone is 9. The van der Waals surface area contributed by atoms with Crippen LogP contribution in [0.3, 0.4) is 0 Å². The lowest BCUT2D eigenvalue weighted by Crippen LogP contribution is -2.45. The Morgan fingerprint density at radius 2 is 0.886 bits per heavy atom. The van der Waals surface area contributed by atoms with Gasteiger partial charge in [0.25, 0.3) is 7.82 Å². The molecule has 0 heterocycles. The number of nitrogens with zero attached hydrogens (tertiary/aromatic N) is 1. The van der Waals surface area contributed by atoms with E-state index < -0.39 is 26.6 Å². The molecule has 0 aliphatic carbocycles. The van der Waals surface area contributed by atoms with Crippen molar-refractivity contribution in [1.29, 1.82) is 0 Å². The number of aliphatic hydroxyl groups is 1. The molecule has 1 amide bonds. The molecule has 0 radical (unpaired) electrons. The number of nitrogens with one attached hydrogen (secondary N) is 1. The first-order chi connectivity index (χ1) is 34.0. The number of phosphoric ester groups is 1. The number of amides is 1. The van der Waals surface area contributed by atoms with Crippen molar-refractivity contribution in [3.8, 4) is 0 Å². The average molecular weight is 1000 g/mol. The molecule has 0 aliphatic rings. The van der Waals surface area contributed by atoms with Crippen molar-refractivity contribution < 1.29 is 32.9 Å². The fraction of sp³-hybridized carbons (Fsp3) is 0.820. The topological polar surface area (TPSA) is 108 Å². The molecule has 0 aromatic heterocycles. The van der Waals surface area contributed by atoms with Crippen molar-refractivity contribution in [2.24, 2.45) is 0 Å². The monoisotopic (exact) mass is 1000 g/mol. The molecule has 2 N–H and O–H groups in total. The van der Waals surface area contributed by atoms with Crippen LogP contribution in [0.15, 0.2) is 60.8 Å². The lowest BCUT2D eigenvalue weighted by Gasteiger charge is -2.29. The van der Waals surface area contributed by atoms with Crippen molar-refractivity contribution in [2.45, 2.75) is 283 Å². The highest BCUT2D eigenvalue weighted by molar-refractivity contribution is 7.45. The summed E-state index contributed by atoms with van der Waals surface area (Å²) < 4.78 is 23.3. The van der Waals surface area contributed by atoms with Crippen molar-refractivity contribution in [3.63, 3.8) is 0 Å². The summed E-state index contributed by atoms with van der Waals surface area (Å²) in [4.78, 5) is 25.5. The number of rotatable bonds is 54. The van der Waals surface area contributed by atoms with Gasteiger partial charge in [0, 0.05) is 6.42 Å².